The van der Waals surface area contributed by atoms with Crippen LogP contribution in [0.1, 0.15) is 32.2 Å². The summed E-state index contributed by atoms with van der Waals surface area (Å²) in [4.78, 5) is 12.4. The second kappa shape index (κ2) is 6.65. The SMILES string of the molecule is C/C=C/C(=C\C(=C(C)C)c1cnc(N)cn1)c1cnco1. The van der Waals surface area contributed by atoms with Crippen molar-refractivity contribution < 1.29 is 4.42 Å². The van der Waals surface area contributed by atoms with Crippen LogP contribution in [0.2, 0.25) is 0 Å². The molecule has 5 nitrogen and oxygen atoms in total. The number of aromatic nitrogens is 3. The molecule has 0 saturated carbocycles. The summed E-state index contributed by atoms with van der Waals surface area (Å²) < 4.78 is 5.37. The molecule has 2 aromatic rings. The lowest BCUT2D eigenvalue weighted by Gasteiger charge is -2.06. The summed E-state index contributed by atoms with van der Waals surface area (Å²) >= 11 is 0. The van der Waals surface area contributed by atoms with Crippen molar-refractivity contribution in [3.05, 3.63) is 60.2 Å². The van der Waals surface area contributed by atoms with Gasteiger partial charge in [0.15, 0.2) is 12.2 Å². The maximum absolute atomic E-state index is 5.59. The van der Waals surface area contributed by atoms with E-state index in [-0.39, 0.29) is 0 Å². The second-order valence-corrected chi connectivity index (χ2v) is 4.71. The summed E-state index contributed by atoms with van der Waals surface area (Å²) in [5, 5.41) is 0. The van der Waals surface area contributed by atoms with Crippen LogP contribution in [0.15, 0.2) is 53.2 Å². The number of hydrogen-bond donors (Lipinski definition) is 1. The van der Waals surface area contributed by atoms with E-state index in [1.165, 1.54) is 6.39 Å². The molecule has 108 valence electrons. The lowest BCUT2D eigenvalue weighted by Crippen LogP contribution is -1.96. The fourth-order valence-corrected chi connectivity index (χ4v) is 1.85. The molecule has 21 heavy (non-hydrogen) atoms. The van der Waals surface area contributed by atoms with Gasteiger partial charge in [0.1, 0.15) is 5.82 Å². The normalized spacial score (nSPS) is 11.9. The van der Waals surface area contributed by atoms with Gasteiger partial charge in [-0.15, -0.1) is 0 Å². The van der Waals surface area contributed by atoms with E-state index in [4.69, 9.17) is 10.2 Å². The highest BCUT2D eigenvalue weighted by atomic mass is 16.3. The molecule has 0 atom stereocenters. The van der Waals surface area contributed by atoms with Crippen LogP contribution >= 0.6 is 0 Å². The molecule has 2 heterocycles. The Bertz CT molecular complexity index is 676. The van der Waals surface area contributed by atoms with Gasteiger partial charge in [-0.1, -0.05) is 17.7 Å². The van der Waals surface area contributed by atoms with Crippen LogP contribution in [0, 0.1) is 0 Å². The van der Waals surface area contributed by atoms with Crippen LogP contribution < -0.4 is 5.73 Å². The van der Waals surface area contributed by atoms with Crippen LogP contribution in [-0.2, 0) is 0 Å². The number of nitrogens with zero attached hydrogens (tertiary/aromatic N) is 3. The summed E-state index contributed by atoms with van der Waals surface area (Å²) in [6.07, 6.45) is 12.2. The van der Waals surface area contributed by atoms with Gasteiger partial charge < -0.3 is 10.2 Å². The van der Waals surface area contributed by atoms with Crippen molar-refractivity contribution in [3.63, 3.8) is 0 Å². The minimum Gasteiger partial charge on any atom is -0.444 e. The monoisotopic (exact) mass is 282 g/mol. The molecular formula is C16H18N4O. The molecule has 0 aromatic carbocycles. The molecule has 0 aliphatic rings. The van der Waals surface area contributed by atoms with Gasteiger partial charge >= 0.3 is 0 Å². The summed E-state index contributed by atoms with van der Waals surface area (Å²) in [6, 6.07) is 0. The molecule has 0 bridgehead atoms. The Labute approximate surface area is 123 Å². The van der Waals surface area contributed by atoms with Crippen LogP contribution in [0.3, 0.4) is 0 Å². The zero-order chi connectivity index (χ0) is 15.2. The molecule has 2 N–H and O–H groups in total. The van der Waals surface area contributed by atoms with Gasteiger partial charge in [-0.05, 0) is 26.8 Å². The molecule has 0 fully saturated rings. The van der Waals surface area contributed by atoms with E-state index in [2.05, 4.69) is 15.0 Å². The lowest BCUT2D eigenvalue weighted by atomic mass is 10.0. The average molecular weight is 282 g/mol. The predicted octanol–water partition coefficient (Wildman–Crippen LogP) is 3.50. The largest absolute Gasteiger partial charge is 0.444 e. The Balaban J connectivity index is 2.50. The Kier molecular flexibility index (Phi) is 4.66. The number of hydrogen-bond acceptors (Lipinski definition) is 5. The van der Waals surface area contributed by atoms with Crippen molar-refractivity contribution in [1.82, 2.24) is 15.0 Å². The van der Waals surface area contributed by atoms with Gasteiger partial charge in [-0.3, -0.25) is 4.98 Å². The smallest absolute Gasteiger partial charge is 0.181 e. The fourth-order valence-electron chi connectivity index (χ4n) is 1.85. The average Bonchev–Trinajstić information content (AvgIpc) is 2.98. The van der Waals surface area contributed by atoms with E-state index in [0.717, 1.165) is 22.4 Å². The minimum atomic E-state index is 0.403. The number of nitrogens with two attached hydrogens (primary N) is 1. The maximum Gasteiger partial charge on any atom is 0.181 e. The Morgan fingerprint density at radius 3 is 2.52 bits per heavy atom. The molecular weight excluding hydrogens is 264 g/mol. The standard InChI is InChI=1S/C16H18N4O/c1-4-5-12(15-8-18-10-21-15)6-13(11(2)3)14-7-20-16(17)9-19-14/h4-10H,1-3H3,(H2,17,20)/b5-4+,12-6+. The first kappa shape index (κ1) is 14.7. The molecule has 2 rings (SSSR count). The summed E-state index contributed by atoms with van der Waals surface area (Å²) in [6.45, 7) is 6.00. The van der Waals surface area contributed by atoms with Gasteiger partial charge in [0.25, 0.3) is 0 Å². The summed E-state index contributed by atoms with van der Waals surface area (Å²) in [5.41, 5.74) is 9.38. The molecule has 0 radical (unpaired) electrons. The third-order valence-corrected chi connectivity index (χ3v) is 2.85. The van der Waals surface area contributed by atoms with E-state index in [1.807, 2.05) is 39.0 Å². The zero-order valence-electron chi connectivity index (χ0n) is 12.4. The topological polar surface area (TPSA) is 77.8 Å². The highest BCUT2D eigenvalue weighted by Crippen LogP contribution is 2.24. The summed E-state index contributed by atoms with van der Waals surface area (Å²) in [5.74, 6) is 1.11. The summed E-state index contributed by atoms with van der Waals surface area (Å²) in [7, 11) is 0. The van der Waals surface area contributed by atoms with Crippen LogP contribution in [0.5, 0.6) is 0 Å². The fraction of sp³-hybridized carbons (Fsp3) is 0.188. The third kappa shape index (κ3) is 3.66. The minimum absolute atomic E-state index is 0.403. The van der Waals surface area contributed by atoms with Gasteiger partial charge in [-0.2, -0.15) is 0 Å². The molecule has 0 aliphatic carbocycles. The molecule has 2 aromatic heterocycles. The Morgan fingerprint density at radius 1 is 1.19 bits per heavy atom. The van der Waals surface area contributed by atoms with E-state index in [9.17, 15) is 0 Å². The van der Waals surface area contributed by atoms with Crippen LogP contribution in [0.25, 0.3) is 11.1 Å². The van der Waals surface area contributed by atoms with Gasteiger partial charge in [-0.25, -0.2) is 9.97 Å². The number of anilines is 1. The molecule has 0 unspecified atom stereocenters. The van der Waals surface area contributed by atoms with E-state index < -0.39 is 0 Å². The molecule has 0 aliphatic heterocycles. The van der Waals surface area contributed by atoms with E-state index >= 15 is 0 Å². The maximum atomic E-state index is 5.59. The third-order valence-electron chi connectivity index (χ3n) is 2.85. The van der Waals surface area contributed by atoms with E-state index in [1.54, 1.807) is 18.6 Å². The van der Waals surface area contributed by atoms with Crippen molar-refractivity contribution in [1.29, 1.82) is 0 Å². The highest BCUT2D eigenvalue weighted by Gasteiger charge is 2.08. The van der Waals surface area contributed by atoms with Gasteiger partial charge in [0.05, 0.1) is 24.3 Å². The first-order valence-corrected chi connectivity index (χ1v) is 6.60. The van der Waals surface area contributed by atoms with Crippen molar-refractivity contribution in [2.75, 3.05) is 5.73 Å². The van der Waals surface area contributed by atoms with Crippen molar-refractivity contribution in [2.24, 2.45) is 0 Å². The van der Waals surface area contributed by atoms with Crippen LogP contribution in [0.4, 0.5) is 5.82 Å². The molecule has 0 saturated heterocycles. The number of nitrogen functional groups attached to an aromatic ring is 1. The Morgan fingerprint density at radius 2 is 2.00 bits per heavy atom. The lowest BCUT2D eigenvalue weighted by molar-refractivity contribution is 0.545. The van der Waals surface area contributed by atoms with E-state index in [0.29, 0.717) is 11.6 Å². The number of rotatable bonds is 4. The molecule has 0 amide bonds. The first-order chi connectivity index (χ1) is 10.1. The zero-order valence-corrected chi connectivity index (χ0v) is 12.4. The highest BCUT2D eigenvalue weighted by molar-refractivity contribution is 5.86. The van der Waals surface area contributed by atoms with Crippen molar-refractivity contribution in [2.45, 2.75) is 20.8 Å². The Hall–Kier alpha value is -2.69. The predicted molar refractivity (Wildman–Crippen MR) is 84.0 cm³/mol. The van der Waals surface area contributed by atoms with Gasteiger partial charge in [0, 0.05) is 11.1 Å². The van der Waals surface area contributed by atoms with Crippen molar-refractivity contribution in [3.8, 4) is 0 Å². The number of allylic oxidation sites excluding steroid dienone is 6. The molecule has 5 heteroatoms. The van der Waals surface area contributed by atoms with Crippen LogP contribution in [-0.4, -0.2) is 15.0 Å². The molecule has 0 spiro atoms. The van der Waals surface area contributed by atoms with Gasteiger partial charge in [0.2, 0.25) is 0 Å². The van der Waals surface area contributed by atoms with Crippen molar-refractivity contribution >= 4 is 17.0 Å². The first-order valence-electron chi connectivity index (χ1n) is 6.60. The quantitative estimate of drug-likeness (QED) is 0.868. The number of oxazole rings is 1. The second-order valence-electron chi connectivity index (χ2n) is 4.71.